The molecule has 0 spiro atoms. The fourth-order valence-corrected chi connectivity index (χ4v) is 1.84. The Morgan fingerprint density at radius 3 is 1.95 bits per heavy atom. The molecule has 2 aromatic carbocycles. The minimum absolute atomic E-state index is 0.180. The molecule has 2 rings (SSSR count). The Balaban J connectivity index is 1.95. The van der Waals surface area contributed by atoms with Gasteiger partial charge in [0.1, 0.15) is 0 Å². The average molecular weight is 284 g/mol. The van der Waals surface area contributed by atoms with E-state index in [-0.39, 0.29) is 11.5 Å². The minimum Gasteiger partial charge on any atom is -0.478 e. The topological polar surface area (TPSA) is 92.4 Å². The number of aromatic carboxylic acids is 1. The molecular weight excluding hydrogens is 268 g/mol. The molecule has 0 atom stereocenters. The third kappa shape index (κ3) is 3.90. The molecule has 0 aliphatic carbocycles. The standard InChI is InChI=1S/C16H16N2O3/c17-9-11-1-5-13(6-2-11)15(19)18-10-12-3-7-14(8-4-12)16(20)21/h1-8H,9-10,17H2,(H,18,19)(H,20,21). The highest BCUT2D eigenvalue weighted by Gasteiger charge is 2.06. The maximum atomic E-state index is 12.0. The van der Waals surface area contributed by atoms with Crippen LogP contribution in [0.15, 0.2) is 48.5 Å². The summed E-state index contributed by atoms with van der Waals surface area (Å²) in [5, 5.41) is 11.6. The fourth-order valence-electron chi connectivity index (χ4n) is 1.84. The largest absolute Gasteiger partial charge is 0.478 e. The summed E-state index contributed by atoms with van der Waals surface area (Å²) in [4.78, 5) is 22.7. The normalized spacial score (nSPS) is 10.1. The molecule has 21 heavy (non-hydrogen) atoms. The first kappa shape index (κ1) is 14.7. The van der Waals surface area contributed by atoms with E-state index in [1.54, 1.807) is 24.3 Å². The second kappa shape index (κ2) is 6.67. The Morgan fingerprint density at radius 2 is 1.43 bits per heavy atom. The number of hydrogen-bond acceptors (Lipinski definition) is 3. The van der Waals surface area contributed by atoms with Crippen LogP contribution in [-0.2, 0) is 13.1 Å². The van der Waals surface area contributed by atoms with Gasteiger partial charge in [-0.15, -0.1) is 0 Å². The van der Waals surface area contributed by atoms with E-state index in [4.69, 9.17) is 10.8 Å². The second-order valence-electron chi connectivity index (χ2n) is 4.59. The summed E-state index contributed by atoms with van der Waals surface area (Å²) in [6.45, 7) is 0.787. The summed E-state index contributed by atoms with van der Waals surface area (Å²) < 4.78 is 0. The molecule has 0 radical (unpaired) electrons. The lowest BCUT2D eigenvalue weighted by molar-refractivity contribution is 0.0696. The molecule has 0 aliphatic rings. The maximum absolute atomic E-state index is 12.0. The summed E-state index contributed by atoms with van der Waals surface area (Å²) in [5.41, 5.74) is 8.10. The van der Waals surface area contributed by atoms with Crippen molar-refractivity contribution in [1.82, 2.24) is 5.32 Å². The molecule has 0 aromatic heterocycles. The molecule has 0 aliphatic heterocycles. The molecule has 0 saturated carbocycles. The molecule has 108 valence electrons. The Morgan fingerprint density at radius 1 is 0.905 bits per heavy atom. The first-order valence-corrected chi connectivity index (χ1v) is 6.49. The molecule has 0 bridgehead atoms. The van der Waals surface area contributed by atoms with Gasteiger partial charge in [-0.05, 0) is 35.4 Å². The highest BCUT2D eigenvalue weighted by Crippen LogP contribution is 2.06. The lowest BCUT2D eigenvalue weighted by Crippen LogP contribution is -2.22. The summed E-state index contributed by atoms with van der Waals surface area (Å²) >= 11 is 0. The highest BCUT2D eigenvalue weighted by atomic mass is 16.4. The fraction of sp³-hybridized carbons (Fsp3) is 0.125. The van der Waals surface area contributed by atoms with Crippen LogP contribution < -0.4 is 11.1 Å². The van der Waals surface area contributed by atoms with E-state index >= 15 is 0 Å². The average Bonchev–Trinajstić information content (AvgIpc) is 2.53. The maximum Gasteiger partial charge on any atom is 0.335 e. The highest BCUT2D eigenvalue weighted by molar-refractivity contribution is 5.94. The van der Waals surface area contributed by atoms with Gasteiger partial charge in [0, 0.05) is 18.7 Å². The molecule has 5 nitrogen and oxygen atoms in total. The van der Waals surface area contributed by atoms with E-state index in [1.165, 1.54) is 12.1 Å². The molecule has 0 heterocycles. The number of nitrogens with two attached hydrogens (primary N) is 1. The number of carbonyl (C=O) groups is 2. The van der Waals surface area contributed by atoms with E-state index in [1.807, 2.05) is 12.1 Å². The van der Waals surface area contributed by atoms with Gasteiger partial charge in [0.2, 0.25) is 0 Å². The monoisotopic (exact) mass is 284 g/mol. The summed E-state index contributed by atoms with van der Waals surface area (Å²) in [6, 6.07) is 13.5. The second-order valence-corrected chi connectivity index (χ2v) is 4.59. The van der Waals surface area contributed by atoms with Gasteiger partial charge < -0.3 is 16.2 Å². The van der Waals surface area contributed by atoms with Crippen molar-refractivity contribution in [2.75, 3.05) is 0 Å². The molecule has 0 fully saturated rings. The zero-order chi connectivity index (χ0) is 15.2. The van der Waals surface area contributed by atoms with Crippen LogP contribution in [0.4, 0.5) is 0 Å². The van der Waals surface area contributed by atoms with Crippen molar-refractivity contribution in [1.29, 1.82) is 0 Å². The van der Waals surface area contributed by atoms with Crippen molar-refractivity contribution < 1.29 is 14.7 Å². The lowest BCUT2D eigenvalue weighted by atomic mass is 10.1. The van der Waals surface area contributed by atoms with E-state index in [0.717, 1.165) is 11.1 Å². The van der Waals surface area contributed by atoms with Gasteiger partial charge >= 0.3 is 5.97 Å². The zero-order valence-electron chi connectivity index (χ0n) is 11.4. The Hall–Kier alpha value is -2.66. The third-order valence-corrected chi connectivity index (χ3v) is 3.11. The van der Waals surface area contributed by atoms with E-state index in [0.29, 0.717) is 18.7 Å². The molecule has 0 saturated heterocycles. The number of rotatable bonds is 5. The summed E-state index contributed by atoms with van der Waals surface area (Å²) in [5.74, 6) is -1.15. The minimum atomic E-state index is -0.967. The van der Waals surface area contributed by atoms with E-state index in [9.17, 15) is 9.59 Å². The van der Waals surface area contributed by atoms with Crippen molar-refractivity contribution >= 4 is 11.9 Å². The van der Waals surface area contributed by atoms with Crippen LogP contribution in [0.5, 0.6) is 0 Å². The molecule has 2 aromatic rings. The van der Waals surface area contributed by atoms with Crippen molar-refractivity contribution in [3.63, 3.8) is 0 Å². The number of carbonyl (C=O) groups excluding carboxylic acids is 1. The van der Waals surface area contributed by atoms with Gasteiger partial charge in [-0.25, -0.2) is 4.79 Å². The van der Waals surface area contributed by atoms with Gasteiger partial charge in [-0.1, -0.05) is 24.3 Å². The van der Waals surface area contributed by atoms with Crippen LogP contribution in [0.1, 0.15) is 31.8 Å². The smallest absolute Gasteiger partial charge is 0.335 e. The Bertz CT molecular complexity index is 634. The number of hydrogen-bond donors (Lipinski definition) is 3. The van der Waals surface area contributed by atoms with E-state index in [2.05, 4.69) is 5.32 Å². The van der Waals surface area contributed by atoms with Crippen LogP contribution in [0, 0.1) is 0 Å². The van der Waals surface area contributed by atoms with E-state index < -0.39 is 5.97 Å². The molecule has 5 heteroatoms. The SMILES string of the molecule is NCc1ccc(C(=O)NCc2ccc(C(=O)O)cc2)cc1. The molecule has 0 unspecified atom stereocenters. The Kier molecular flexibility index (Phi) is 4.68. The van der Waals surface area contributed by atoms with Crippen LogP contribution in [0.2, 0.25) is 0 Å². The quantitative estimate of drug-likeness (QED) is 0.780. The summed E-state index contributed by atoms with van der Waals surface area (Å²) in [7, 11) is 0. The van der Waals surface area contributed by atoms with Crippen molar-refractivity contribution in [2.24, 2.45) is 5.73 Å². The van der Waals surface area contributed by atoms with Crippen LogP contribution >= 0.6 is 0 Å². The molecule has 4 N–H and O–H groups in total. The van der Waals surface area contributed by atoms with Gasteiger partial charge in [0.15, 0.2) is 0 Å². The first-order valence-electron chi connectivity index (χ1n) is 6.49. The van der Waals surface area contributed by atoms with Gasteiger partial charge in [0.25, 0.3) is 5.91 Å². The van der Waals surface area contributed by atoms with Crippen LogP contribution in [-0.4, -0.2) is 17.0 Å². The first-order chi connectivity index (χ1) is 10.1. The van der Waals surface area contributed by atoms with Crippen molar-refractivity contribution in [2.45, 2.75) is 13.1 Å². The van der Waals surface area contributed by atoms with Crippen molar-refractivity contribution in [3.8, 4) is 0 Å². The third-order valence-electron chi connectivity index (χ3n) is 3.11. The number of benzene rings is 2. The number of carboxylic acids is 1. The van der Waals surface area contributed by atoms with Crippen LogP contribution in [0.25, 0.3) is 0 Å². The summed E-state index contributed by atoms with van der Waals surface area (Å²) in [6.07, 6.45) is 0. The number of nitrogens with one attached hydrogen (secondary N) is 1. The molecule has 1 amide bonds. The van der Waals surface area contributed by atoms with Gasteiger partial charge in [0.05, 0.1) is 5.56 Å². The number of amides is 1. The van der Waals surface area contributed by atoms with Gasteiger partial charge in [-0.3, -0.25) is 4.79 Å². The predicted octanol–water partition coefficient (Wildman–Crippen LogP) is 1.77. The Labute approximate surface area is 122 Å². The predicted molar refractivity (Wildman–Crippen MR) is 78.9 cm³/mol. The van der Waals surface area contributed by atoms with Gasteiger partial charge in [-0.2, -0.15) is 0 Å². The molecular formula is C16H16N2O3. The number of carboxylic acid groups (broad SMARTS) is 1. The zero-order valence-corrected chi connectivity index (χ0v) is 11.4. The van der Waals surface area contributed by atoms with Crippen LogP contribution in [0.3, 0.4) is 0 Å². The van der Waals surface area contributed by atoms with Crippen molar-refractivity contribution in [3.05, 3.63) is 70.8 Å². The lowest BCUT2D eigenvalue weighted by Gasteiger charge is -2.06.